The van der Waals surface area contributed by atoms with Crippen LogP contribution >= 0.6 is 7.77 Å². The van der Waals surface area contributed by atoms with Crippen LogP contribution in [0.1, 0.15) is 6.92 Å². The largest absolute Gasteiger partial charge is 0.623 e. The number of carboxylic acids is 2. The van der Waals surface area contributed by atoms with E-state index in [1.807, 2.05) is 28.2 Å². The molecule has 4 N–H and O–H groups in total. The first-order chi connectivity index (χ1) is 11.9. The van der Waals surface area contributed by atoms with Crippen LogP contribution in [-0.2, 0) is 9.59 Å². The van der Waals surface area contributed by atoms with Gasteiger partial charge in [0.05, 0.1) is 58.8 Å². The number of rotatable bonds is 6. The Labute approximate surface area is 156 Å². The van der Waals surface area contributed by atoms with Gasteiger partial charge in [0.25, 0.3) is 0 Å². The van der Waals surface area contributed by atoms with Gasteiger partial charge in [-0.05, 0) is 12.5 Å². The lowest BCUT2D eigenvalue weighted by atomic mass is 10.4. The minimum atomic E-state index is -1.45. The van der Waals surface area contributed by atoms with E-state index in [1.165, 1.54) is 16.7 Å². The van der Waals surface area contributed by atoms with Crippen LogP contribution in [0.3, 0.4) is 0 Å². The van der Waals surface area contributed by atoms with Crippen molar-refractivity contribution in [2.24, 2.45) is 0 Å². The predicted octanol–water partition coefficient (Wildman–Crippen LogP) is -6.61. The molecule has 0 spiro atoms. The summed E-state index contributed by atoms with van der Waals surface area (Å²) in [5.41, 5.74) is 2.32. The number of aliphatic hydroxyl groups excluding tert-OH is 2. The summed E-state index contributed by atoms with van der Waals surface area (Å²) in [6, 6.07) is 0. The Bertz CT molecular complexity index is 477. The molecule has 0 aromatic rings. The van der Waals surface area contributed by atoms with E-state index in [9.17, 15) is 24.7 Å². The summed E-state index contributed by atoms with van der Waals surface area (Å²) in [6.45, 7) is 6.76. The molecular weight excluding hydrogens is 363 g/mol. The number of carboxylic acid groups (broad SMARTS) is 2. The number of carbonyl (C=O) groups excluding carboxylic acids is 2. The van der Waals surface area contributed by atoms with Crippen LogP contribution in [-0.4, -0.2) is 88.3 Å². The normalized spacial score (nSPS) is 12.7. The monoisotopic (exact) mass is 394 g/mol. The molecule has 1 atom stereocenters. The highest BCUT2D eigenvalue weighted by Crippen LogP contribution is 2.20. The van der Waals surface area contributed by atoms with Crippen molar-refractivity contribution in [2.75, 3.05) is 60.7 Å². The number of nitrogens with one attached hydrogen (secondary N) is 2. The van der Waals surface area contributed by atoms with Crippen LogP contribution in [0.5, 0.6) is 0 Å². The van der Waals surface area contributed by atoms with Crippen LogP contribution in [0.4, 0.5) is 0 Å². The van der Waals surface area contributed by atoms with Crippen LogP contribution in [0.15, 0.2) is 17.7 Å². The number of quaternary nitrogens is 2. The van der Waals surface area contributed by atoms with Crippen molar-refractivity contribution in [2.45, 2.75) is 6.92 Å². The summed E-state index contributed by atoms with van der Waals surface area (Å²) in [7, 11) is 6.59. The highest BCUT2D eigenvalue weighted by Gasteiger charge is 2.14. The van der Waals surface area contributed by atoms with Crippen molar-refractivity contribution < 1.29 is 44.7 Å². The Morgan fingerprint density at radius 2 is 1.42 bits per heavy atom. The molecule has 0 amide bonds. The van der Waals surface area contributed by atoms with Crippen molar-refractivity contribution in [3.63, 3.8) is 0 Å². The second-order valence-electron chi connectivity index (χ2n) is 5.84. The third kappa shape index (κ3) is 24.7. The van der Waals surface area contributed by atoms with Gasteiger partial charge in [0.2, 0.25) is 0 Å². The van der Waals surface area contributed by atoms with E-state index >= 15 is 0 Å². The minimum Gasteiger partial charge on any atom is -0.623 e. The van der Waals surface area contributed by atoms with E-state index in [4.69, 9.17) is 10.2 Å². The molecule has 0 aromatic carbocycles. The molecule has 1 aliphatic heterocycles. The molecule has 0 radical (unpaired) electrons. The fourth-order valence-corrected chi connectivity index (χ4v) is 1.61. The Hall–Kier alpha value is -1.57. The van der Waals surface area contributed by atoms with E-state index in [2.05, 4.69) is 12.0 Å². The van der Waals surface area contributed by atoms with Gasteiger partial charge in [-0.1, -0.05) is 6.58 Å². The maximum absolute atomic E-state index is 10.1. The SMILES string of the molecule is C=C(C)C(=O)[O-].C[NH+](C)CCO.C[NH+](C)CCO.O=C([O-])C1=C=[P+]([O-])C1. The first-order valence-corrected chi connectivity index (χ1v) is 9.28. The van der Waals surface area contributed by atoms with Crippen molar-refractivity contribution in [1.29, 1.82) is 0 Å². The minimum absolute atomic E-state index is 0.0473. The van der Waals surface area contributed by atoms with Crippen LogP contribution in [0, 0.1) is 0 Å². The van der Waals surface area contributed by atoms with E-state index in [-0.39, 0.29) is 17.3 Å². The third-order valence-corrected chi connectivity index (χ3v) is 3.50. The average molecular weight is 394 g/mol. The molecule has 152 valence electrons. The Kier molecular flexibility index (Phi) is 20.5. The van der Waals surface area contributed by atoms with Crippen LogP contribution in [0.2, 0.25) is 0 Å². The number of hydrogen-bond acceptors (Lipinski definition) is 7. The van der Waals surface area contributed by atoms with Crippen LogP contribution < -0.4 is 24.9 Å². The summed E-state index contributed by atoms with van der Waals surface area (Å²) < 4.78 is 0. The molecule has 1 heterocycles. The first-order valence-electron chi connectivity index (χ1n) is 7.84. The molecule has 0 saturated heterocycles. The number of aliphatic carboxylic acids is 2. The lowest BCUT2D eigenvalue weighted by Crippen LogP contribution is -3.06. The van der Waals surface area contributed by atoms with E-state index < -0.39 is 19.7 Å². The lowest BCUT2D eigenvalue weighted by Gasteiger charge is -2.05. The Balaban J connectivity index is -0.000000275. The van der Waals surface area contributed by atoms with Gasteiger partial charge >= 0.3 is 0 Å². The molecule has 0 fully saturated rings. The summed E-state index contributed by atoms with van der Waals surface area (Å²) in [5, 5.41) is 35.7. The molecular formula is C16H31N2O7P. The van der Waals surface area contributed by atoms with Crippen molar-refractivity contribution in [3.05, 3.63) is 17.7 Å². The third-order valence-electron chi connectivity index (χ3n) is 2.38. The van der Waals surface area contributed by atoms with Crippen molar-refractivity contribution in [1.82, 2.24) is 0 Å². The predicted molar refractivity (Wildman–Crippen MR) is 94.7 cm³/mol. The highest BCUT2D eigenvalue weighted by atomic mass is 31.1. The van der Waals surface area contributed by atoms with Gasteiger partial charge in [-0.2, -0.15) is 0 Å². The molecule has 10 heteroatoms. The first kappa shape index (κ1) is 29.2. The van der Waals surface area contributed by atoms with Gasteiger partial charge in [-0.3, -0.25) is 0 Å². The summed E-state index contributed by atoms with van der Waals surface area (Å²) >= 11 is 0. The maximum atomic E-state index is 10.1. The number of carbonyl (C=O) groups is 2. The highest BCUT2D eigenvalue weighted by molar-refractivity contribution is 7.52. The van der Waals surface area contributed by atoms with Gasteiger partial charge in [0.15, 0.2) is 0 Å². The zero-order valence-electron chi connectivity index (χ0n) is 16.1. The van der Waals surface area contributed by atoms with E-state index in [0.717, 1.165) is 13.1 Å². The molecule has 26 heavy (non-hydrogen) atoms. The summed E-state index contributed by atoms with van der Waals surface area (Å²) in [4.78, 5) is 32.0. The quantitative estimate of drug-likeness (QED) is 0.258. The van der Waals surface area contributed by atoms with E-state index in [0.29, 0.717) is 13.2 Å². The zero-order valence-corrected chi connectivity index (χ0v) is 17.0. The van der Waals surface area contributed by atoms with Gasteiger partial charge in [-0.15, -0.1) is 0 Å². The second-order valence-corrected chi connectivity index (χ2v) is 7.14. The molecule has 0 aliphatic carbocycles. The molecule has 1 rings (SSSR count). The number of aliphatic hydroxyl groups is 2. The number of hydrogen-bond donors (Lipinski definition) is 4. The molecule has 0 saturated carbocycles. The van der Waals surface area contributed by atoms with Gasteiger partial charge in [0.1, 0.15) is 32.6 Å². The maximum Gasteiger partial charge on any atom is 0.148 e. The molecule has 0 bridgehead atoms. The second kappa shape index (κ2) is 18.2. The average Bonchev–Trinajstić information content (AvgIpc) is 2.45. The number of likely N-dealkylation sites (N-methyl/N-ethyl adjacent to an activating group) is 2. The zero-order chi connectivity index (χ0) is 21.3. The molecule has 1 aliphatic rings. The smallest absolute Gasteiger partial charge is 0.148 e. The summed E-state index contributed by atoms with van der Waals surface area (Å²) in [6.07, 6.45) is 0.137. The fraction of sp³-hybridized carbons (Fsp3) is 0.625. The fourth-order valence-electron chi connectivity index (χ4n) is 0.835. The summed E-state index contributed by atoms with van der Waals surface area (Å²) in [5.74, 6) is -2.44. The molecule has 0 aromatic heterocycles. The Morgan fingerprint density at radius 1 is 1.12 bits per heavy atom. The standard InChI is InChI=1S/2C4H11NO.C4H3O3P.C4H6O2/c2*1-5(2)3-4-6;5-4(6)3-1-8(7)2-3;1-3(2)4(5)6/h2*6H,3-4H2,1-2H3;1H2,(H,5,6);1H2,2H3,(H,5,6). The molecule has 9 nitrogen and oxygen atoms in total. The van der Waals surface area contributed by atoms with Gasteiger partial charge in [-0.25, -0.2) is 0 Å². The van der Waals surface area contributed by atoms with Crippen molar-refractivity contribution >= 4 is 25.2 Å². The van der Waals surface area contributed by atoms with Crippen LogP contribution in [0.25, 0.3) is 0 Å². The topological polar surface area (TPSA) is 153 Å². The molecule has 1 unspecified atom stereocenters. The lowest BCUT2D eigenvalue weighted by molar-refractivity contribution is -0.858. The van der Waals surface area contributed by atoms with Gasteiger partial charge in [0, 0.05) is 0 Å². The Morgan fingerprint density at radius 3 is 1.46 bits per heavy atom. The van der Waals surface area contributed by atoms with Crippen molar-refractivity contribution in [3.8, 4) is 0 Å². The van der Waals surface area contributed by atoms with E-state index in [1.54, 1.807) is 0 Å². The van der Waals surface area contributed by atoms with Gasteiger partial charge < -0.3 is 44.7 Å².